The normalized spacial score (nSPS) is 31.6. The smallest absolute Gasteiger partial charge is 0.305 e. The first-order valence-corrected chi connectivity index (χ1v) is 10.1. The van der Waals surface area contributed by atoms with Crippen LogP contribution >= 0.6 is 0 Å². The van der Waals surface area contributed by atoms with Crippen LogP contribution in [0.1, 0.15) is 5.56 Å². The van der Waals surface area contributed by atoms with Gasteiger partial charge in [0.2, 0.25) is 18.2 Å². The van der Waals surface area contributed by atoms with Crippen LogP contribution < -0.4 is 4.74 Å². The number of phenols is 1. The first-order chi connectivity index (χ1) is 15.7. The van der Waals surface area contributed by atoms with Crippen molar-refractivity contribution in [3.8, 4) is 11.5 Å². The van der Waals surface area contributed by atoms with Crippen molar-refractivity contribution in [1.82, 2.24) is 0 Å². The molecule has 33 heavy (non-hydrogen) atoms. The molecule has 1 fully saturated rings. The van der Waals surface area contributed by atoms with E-state index in [2.05, 4.69) is 4.74 Å². The van der Waals surface area contributed by atoms with Crippen LogP contribution in [0.3, 0.4) is 0 Å². The van der Waals surface area contributed by atoms with Crippen LogP contribution in [0.4, 0.5) is 0 Å². The Balaban J connectivity index is 1.76. The number of rotatable bonds is 5. The first-order valence-electron chi connectivity index (χ1n) is 10.1. The minimum atomic E-state index is -1.67. The number of benzene rings is 1. The van der Waals surface area contributed by atoms with Gasteiger partial charge in [0.05, 0.1) is 30.9 Å². The standard InChI is InChI=1S/C22H24O11/c1-30-14-3-2-9(4-13(14)26)21-16(7-11-12(25)5-10(24)6-15(11)31-21)32-22-20(29)19(28)18(27)17(8-23)33-22/h2-7,15,17-20,22-29H,8H2,1H3/p+1. The number of aromatic hydroxyl groups is 1. The molecule has 0 radical (unpaired) electrons. The topological polar surface area (TPSA) is 182 Å². The lowest BCUT2D eigenvalue weighted by molar-refractivity contribution is -0.290. The van der Waals surface area contributed by atoms with Gasteiger partial charge in [0.1, 0.15) is 35.9 Å². The Morgan fingerprint density at radius 2 is 1.79 bits per heavy atom. The summed E-state index contributed by atoms with van der Waals surface area (Å²) in [6.45, 7) is -0.635. The highest BCUT2D eigenvalue weighted by molar-refractivity contribution is 5.69. The van der Waals surface area contributed by atoms with Gasteiger partial charge in [-0.25, -0.2) is 0 Å². The monoisotopic (exact) mass is 465 g/mol. The second-order valence-electron chi connectivity index (χ2n) is 7.71. The average molecular weight is 465 g/mol. The van der Waals surface area contributed by atoms with E-state index in [9.17, 15) is 35.7 Å². The quantitative estimate of drug-likeness (QED) is 0.283. The van der Waals surface area contributed by atoms with Crippen LogP contribution in [-0.2, 0) is 9.47 Å². The number of hydrogen-bond donors (Lipinski definition) is 7. The molecule has 4 rings (SSSR count). The minimum Gasteiger partial charge on any atom is -0.571 e. The molecule has 11 nitrogen and oxygen atoms in total. The first kappa shape index (κ1) is 23.0. The Morgan fingerprint density at radius 3 is 2.45 bits per heavy atom. The van der Waals surface area contributed by atoms with Crippen LogP contribution in [0.25, 0.3) is 5.76 Å². The maximum atomic E-state index is 10.4. The number of methoxy groups -OCH3 is 1. The van der Waals surface area contributed by atoms with Crippen LogP contribution in [0.15, 0.2) is 59.3 Å². The van der Waals surface area contributed by atoms with Crippen molar-refractivity contribution < 1.29 is 54.7 Å². The fourth-order valence-electron chi connectivity index (χ4n) is 3.79. The summed E-state index contributed by atoms with van der Waals surface area (Å²) < 4.78 is 20.8. The second-order valence-corrected chi connectivity index (χ2v) is 7.71. The molecule has 178 valence electrons. The Bertz CT molecular complexity index is 1040. The maximum absolute atomic E-state index is 10.4. The van der Waals surface area contributed by atoms with E-state index in [1.165, 1.54) is 31.4 Å². The molecule has 3 aliphatic rings. The van der Waals surface area contributed by atoms with E-state index in [4.69, 9.17) is 14.2 Å². The van der Waals surface area contributed by atoms with E-state index in [-0.39, 0.29) is 40.1 Å². The SMILES string of the molecule is COc1ccc(C2=C(OC3OC(CO)C(O)C(O)C3O)C=C3C(O)=CC(O)=CC3[OH+]2)cc1O. The fourth-order valence-corrected chi connectivity index (χ4v) is 3.79. The molecule has 1 aromatic rings. The predicted octanol–water partition coefficient (Wildman–Crippen LogP) is -0.380. The number of aliphatic hydroxyl groups excluding tert-OH is 6. The molecule has 1 aromatic carbocycles. The zero-order valence-corrected chi connectivity index (χ0v) is 17.4. The van der Waals surface area contributed by atoms with E-state index < -0.39 is 43.4 Å². The average Bonchev–Trinajstić information content (AvgIpc) is 2.79. The van der Waals surface area contributed by atoms with Gasteiger partial charge in [-0.15, -0.1) is 0 Å². The Labute approximate surface area is 188 Å². The fraction of sp³-hybridized carbons (Fsp3) is 0.364. The number of hydrogen-bond acceptors (Lipinski definition) is 10. The molecule has 0 aromatic heterocycles. The molecule has 2 aliphatic heterocycles. The van der Waals surface area contributed by atoms with E-state index >= 15 is 0 Å². The lowest BCUT2D eigenvalue weighted by atomic mass is 9.96. The highest BCUT2D eigenvalue weighted by atomic mass is 16.7. The van der Waals surface area contributed by atoms with Gasteiger partial charge in [-0.2, -0.15) is 0 Å². The number of ether oxygens (including phenoxy) is 4. The van der Waals surface area contributed by atoms with E-state index in [1.54, 1.807) is 6.07 Å². The molecular formula is C22H25O11+. The number of allylic oxidation sites excluding steroid dienone is 2. The van der Waals surface area contributed by atoms with Gasteiger partial charge in [0, 0.05) is 18.2 Å². The summed E-state index contributed by atoms with van der Waals surface area (Å²) in [4.78, 5) is 0. The van der Waals surface area contributed by atoms with Crippen molar-refractivity contribution in [3.63, 3.8) is 0 Å². The molecule has 8 N–H and O–H groups in total. The molecule has 1 aliphatic carbocycles. The molecule has 1 saturated heterocycles. The van der Waals surface area contributed by atoms with Crippen molar-refractivity contribution in [2.75, 3.05) is 13.7 Å². The summed E-state index contributed by atoms with van der Waals surface area (Å²) in [5.41, 5.74) is 0.666. The van der Waals surface area contributed by atoms with Crippen molar-refractivity contribution in [1.29, 1.82) is 0 Å². The third-order valence-electron chi connectivity index (χ3n) is 5.56. The summed E-state index contributed by atoms with van der Waals surface area (Å²) in [6, 6.07) is 4.47. The molecule has 2 heterocycles. The molecule has 0 saturated carbocycles. The van der Waals surface area contributed by atoms with Gasteiger partial charge in [0.25, 0.3) is 0 Å². The largest absolute Gasteiger partial charge is 0.571 e. The highest BCUT2D eigenvalue weighted by Crippen LogP contribution is 2.38. The summed E-state index contributed by atoms with van der Waals surface area (Å²) in [5, 5.41) is 70.2. The third-order valence-corrected chi connectivity index (χ3v) is 5.56. The van der Waals surface area contributed by atoms with Crippen LogP contribution in [0, 0.1) is 0 Å². The summed E-state index contributed by atoms with van der Waals surface area (Å²) in [7, 11) is 1.40. The van der Waals surface area contributed by atoms with Crippen molar-refractivity contribution in [2.45, 2.75) is 36.8 Å². The third kappa shape index (κ3) is 4.24. The Morgan fingerprint density at radius 1 is 1.03 bits per heavy atom. The number of phenolic OH excluding ortho intramolecular Hbond substituents is 1. The molecule has 0 amide bonds. The zero-order chi connectivity index (χ0) is 23.9. The van der Waals surface area contributed by atoms with Crippen molar-refractivity contribution >= 4 is 5.76 Å². The van der Waals surface area contributed by atoms with E-state index in [0.717, 1.165) is 6.08 Å². The Kier molecular flexibility index (Phi) is 6.23. The second kappa shape index (κ2) is 8.96. The molecule has 11 heteroatoms. The highest BCUT2D eigenvalue weighted by Gasteiger charge is 2.46. The predicted molar refractivity (Wildman–Crippen MR) is 112 cm³/mol. The summed E-state index contributed by atoms with van der Waals surface area (Å²) >= 11 is 0. The molecule has 0 spiro atoms. The van der Waals surface area contributed by atoms with Gasteiger partial charge in [-0.05, 0) is 12.1 Å². The van der Waals surface area contributed by atoms with Crippen LogP contribution in [0.5, 0.6) is 11.5 Å². The Hall–Kier alpha value is -3.22. The molecule has 0 bridgehead atoms. The number of fused-ring (bicyclic) bond motifs is 1. The summed E-state index contributed by atoms with van der Waals surface area (Å²) in [5.74, 6) is -0.214. The molecule has 6 unspecified atom stereocenters. The van der Waals surface area contributed by atoms with Gasteiger partial charge < -0.3 is 54.7 Å². The van der Waals surface area contributed by atoms with Gasteiger partial charge >= 0.3 is 5.76 Å². The summed E-state index contributed by atoms with van der Waals surface area (Å²) in [6.07, 6.45) is -4.39. The van der Waals surface area contributed by atoms with Crippen molar-refractivity contribution in [2.24, 2.45) is 0 Å². The van der Waals surface area contributed by atoms with Gasteiger partial charge in [-0.3, -0.25) is 0 Å². The van der Waals surface area contributed by atoms with Crippen LogP contribution in [0.2, 0.25) is 0 Å². The lowest BCUT2D eigenvalue weighted by Crippen LogP contribution is -2.59. The zero-order valence-electron chi connectivity index (χ0n) is 17.4. The number of aliphatic hydroxyl groups is 8. The van der Waals surface area contributed by atoms with Crippen molar-refractivity contribution in [3.05, 3.63) is 64.8 Å². The van der Waals surface area contributed by atoms with Gasteiger partial charge in [-0.1, -0.05) is 0 Å². The maximum Gasteiger partial charge on any atom is 0.305 e. The lowest BCUT2D eigenvalue weighted by Gasteiger charge is -2.40. The molecule has 6 atom stereocenters. The molecular weight excluding hydrogens is 440 g/mol. The van der Waals surface area contributed by atoms with Gasteiger partial charge in [0.15, 0.2) is 11.5 Å². The van der Waals surface area contributed by atoms with E-state index in [0.29, 0.717) is 5.56 Å². The minimum absolute atomic E-state index is 0.00452. The van der Waals surface area contributed by atoms with E-state index in [1.807, 2.05) is 0 Å². The van der Waals surface area contributed by atoms with Crippen LogP contribution in [-0.4, -0.2) is 91.0 Å².